The molecule has 2 aromatic carbocycles. The summed E-state index contributed by atoms with van der Waals surface area (Å²) in [5.74, 6) is 0.547. The molecular weight excluding hydrogens is 514 g/mol. The maximum absolute atomic E-state index is 13.1. The molecule has 0 spiro atoms. The van der Waals surface area contributed by atoms with Crippen molar-refractivity contribution in [3.05, 3.63) is 58.1 Å². The summed E-state index contributed by atoms with van der Waals surface area (Å²) < 4.78 is 44.7. The van der Waals surface area contributed by atoms with Crippen LogP contribution in [0, 0.1) is 0 Å². The number of alkyl halides is 3. The average Bonchev–Trinajstić information content (AvgIpc) is 2.53. The number of ether oxygens (including phenoxy) is 1. The van der Waals surface area contributed by atoms with Crippen LogP contribution in [0.1, 0.15) is 11.1 Å². The quantitative estimate of drug-likeness (QED) is 0.332. The topological polar surface area (TPSA) is 59.6 Å². The molecule has 4 nitrogen and oxygen atoms in total. The first-order valence-electron chi connectivity index (χ1n) is 6.87. The summed E-state index contributed by atoms with van der Waals surface area (Å²) in [6, 6.07) is 10.9. The molecule has 0 saturated carbocycles. The molecule has 0 aliphatic carbocycles. The average molecular weight is 530 g/mol. The summed E-state index contributed by atoms with van der Waals surface area (Å²) in [4.78, 5) is 3.98. The molecule has 136 valence electrons. The molecule has 0 atom stereocenters. The fourth-order valence-corrected chi connectivity index (χ4v) is 2.41. The molecule has 25 heavy (non-hydrogen) atoms. The van der Waals surface area contributed by atoms with Gasteiger partial charge in [-0.1, -0.05) is 34.1 Å². The van der Waals surface area contributed by atoms with Crippen LogP contribution in [0.25, 0.3) is 0 Å². The van der Waals surface area contributed by atoms with Crippen molar-refractivity contribution < 1.29 is 17.9 Å². The molecule has 3 N–H and O–H groups in total. The maximum Gasteiger partial charge on any atom is 0.416 e. The van der Waals surface area contributed by atoms with E-state index in [2.05, 4.69) is 26.2 Å². The first-order valence-corrected chi connectivity index (χ1v) is 7.66. The monoisotopic (exact) mass is 529 g/mol. The van der Waals surface area contributed by atoms with Crippen LogP contribution in [0.15, 0.2) is 51.9 Å². The summed E-state index contributed by atoms with van der Waals surface area (Å²) in [7, 11) is 1.51. The van der Waals surface area contributed by atoms with Gasteiger partial charge in [-0.05, 0) is 29.8 Å². The molecule has 0 aliphatic heterocycles. The van der Waals surface area contributed by atoms with Crippen molar-refractivity contribution in [1.29, 1.82) is 0 Å². The summed E-state index contributed by atoms with van der Waals surface area (Å²) in [5, 5.41) is 2.81. The SMILES string of the molecule is COc1ccccc1NC(N)=NCc1ccc(Br)cc1C(F)(F)F.I. The van der Waals surface area contributed by atoms with Crippen LogP contribution in [0.2, 0.25) is 0 Å². The molecular formula is C16H16BrF3IN3O. The molecule has 0 amide bonds. The number of methoxy groups -OCH3 is 1. The number of nitrogens with zero attached hydrogens (tertiary/aromatic N) is 1. The number of hydrogen-bond acceptors (Lipinski definition) is 2. The molecule has 2 aromatic rings. The number of anilines is 1. The Balaban J connectivity index is 0.00000312. The lowest BCUT2D eigenvalue weighted by molar-refractivity contribution is -0.138. The second-order valence-electron chi connectivity index (χ2n) is 4.83. The molecule has 0 bridgehead atoms. The predicted molar refractivity (Wildman–Crippen MR) is 107 cm³/mol. The highest BCUT2D eigenvalue weighted by molar-refractivity contribution is 14.0. The van der Waals surface area contributed by atoms with Crippen LogP contribution in [0.3, 0.4) is 0 Å². The zero-order chi connectivity index (χ0) is 17.7. The highest BCUT2D eigenvalue weighted by atomic mass is 127. The van der Waals surface area contributed by atoms with Gasteiger partial charge in [-0.2, -0.15) is 13.2 Å². The van der Waals surface area contributed by atoms with Crippen LogP contribution >= 0.6 is 39.9 Å². The van der Waals surface area contributed by atoms with E-state index in [9.17, 15) is 13.2 Å². The van der Waals surface area contributed by atoms with Gasteiger partial charge in [0.1, 0.15) is 5.75 Å². The lowest BCUT2D eigenvalue weighted by Crippen LogP contribution is -2.23. The van der Waals surface area contributed by atoms with Gasteiger partial charge >= 0.3 is 6.18 Å². The van der Waals surface area contributed by atoms with Crippen molar-refractivity contribution in [1.82, 2.24) is 0 Å². The third-order valence-electron chi connectivity index (χ3n) is 3.17. The van der Waals surface area contributed by atoms with E-state index in [1.54, 1.807) is 24.3 Å². The normalized spacial score (nSPS) is 11.6. The van der Waals surface area contributed by atoms with E-state index in [0.717, 1.165) is 6.07 Å². The number of halogens is 5. The fraction of sp³-hybridized carbons (Fsp3) is 0.188. The van der Waals surface area contributed by atoms with Gasteiger partial charge in [0.15, 0.2) is 5.96 Å². The number of para-hydroxylation sites is 2. The molecule has 0 fully saturated rings. The Morgan fingerprint density at radius 1 is 1.24 bits per heavy atom. The van der Waals surface area contributed by atoms with Crippen molar-refractivity contribution in [2.75, 3.05) is 12.4 Å². The Hall–Kier alpha value is -1.49. The summed E-state index contributed by atoms with van der Waals surface area (Å²) >= 11 is 3.04. The smallest absolute Gasteiger partial charge is 0.416 e. The number of hydrogen-bond donors (Lipinski definition) is 2. The number of aliphatic imine (C=N–C) groups is 1. The summed E-state index contributed by atoms with van der Waals surface area (Å²) in [5.41, 5.74) is 5.63. The van der Waals surface area contributed by atoms with Crippen LogP contribution in [0.4, 0.5) is 18.9 Å². The van der Waals surface area contributed by atoms with Crippen LogP contribution in [-0.2, 0) is 12.7 Å². The van der Waals surface area contributed by atoms with E-state index in [4.69, 9.17) is 10.5 Å². The molecule has 0 unspecified atom stereocenters. The van der Waals surface area contributed by atoms with E-state index in [-0.39, 0.29) is 42.0 Å². The zero-order valence-corrected chi connectivity index (χ0v) is 17.0. The van der Waals surface area contributed by atoms with E-state index >= 15 is 0 Å². The number of benzene rings is 2. The van der Waals surface area contributed by atoms with Crippen molar-refractivity contribution in [3.63, 3.8) is 0 Å². The maximum atomic E-state index is 13.1. The molecule has 0 radical (unpaired) electrons. The molecule has 0 saturated heterocycles. The van der Waals surface area contributed by atoms with Gasteiger partial charge in [-0.25, -0.2) is 4.99 Å². The van der Waals surface area contributed by atoms with Crippen LogP contribution in [0.5, 0.6) is 5.75 Å². The number of nitrogens with two attached hydrogens (primary N) is 1. The van der Waals surface area contributed by atoms with Crippen molar-refractivity contribution >= 4 is 51.6 Å². The van der Waals surface area contributed by atoms with Gasteiger partial charge in [-0.3, -0.25) is 0 Å². The minimum absolute atomic E-state index is 0. The lowest BCUT2D eigenvalue weighted by Gasteiger charge is -2.13. The standard InChI is InChI=1S/C16H15BrF3N3O.HI/c1-24-14-5-3-2-4-13(14)23-15(21)22-9-10-6-7-11(17)8-12(10)16(18,19)20;/h2-8H,9H2,1H3,(H3,21,22,23);1H. The Bertz CT molecular complexity index is 754. The fourth-order valence-electron chi connectivity index (χ4n) is 2.05. The van der Waals surface area contributed by atoms with Gasteiger partial charge in [0, 0.05) is 4.47 Å². The Morgan fingerprint density at radius 2 is 1.92 bits per heavy atom. The third kappa shape index (κ3) is 6.07. The first kappa shape index (κ1) is 21.6. The van der Waals surface area contributed by atoms with E-state index in [1.807, 2.05) is 0 Å². The van der Waals surface area contributed by atoms with Gasteiger partial charge < -0.3 is 15.8 Å². The van der Waals surface area contributed by atoms with Crippen molar-refractivity contribution in [2.45, 2.75) is 12.7 Å². The Morgan fingerprint density at radius 3 is 2.56 bits per heavy atom. The van der Waals surface area contributed by atoms with E-state index < -0.39 is 11.7 Å². The summed E-state index contributed by atoms with van der Waals surface area (Å²) in [6.07, 6.45) is -4.46. The van der Waals surface area contributed by atoms with Crippen LogP contribution in [-0.4, -0.2) is 13.1 Å². The highest BCUT2D eigenvalue weighted by Gasteiger charge is 2.33. The van der Waals surface area contributed by atoms with Crippen molar-refractivity contribution in [2.24, 2.45) is 10.7 Å². The van der Waals surface area contributed by atoms with Gasteiger partial charge in [0.05, 0.1) is 24.9 Å². The van der Waals surface area contributed by atoms with E-state index in [1.165, 1.54) is 19.2 Å². The van der Waals surface area contributed by atoms with Crippen molar-refractivity contribution in [3.8, 4) is 5.75 Å². The van der Waals surface area contributed by atoms with Gasteiger partial charge in [0.25, 0.3) is 0 Å². The molecule has 0 aromatic heterocycles. The Labute approximate surface area is 168 Å². The molecule has 2 rings (SSSR count). The number of nitrogens with one attached hydrogen (secondary N) is 1. The van der Waals surface area contributed by atoms with Gasteiger partial charge in [0.2, 0.25) is 0 Å². The molecule has 0 aliphatic rings. The minimum Gasteiger partial charge on any atom is -0.495 e. The predicted octanol–water partition coefficient (Wildman–Crippen LogP) is 5.02. The third-order valence-corrected chi connectivity index (χ3v) is 3.66. The Kier molecular flexibility index (Phi) is 8.00. The minimum atomic E-state index is -4.46. The number of guanidine groups is 1. The summed E-state index contributed by atoms with van der Waals surface area (Å²) in [6.45, 7) is -0.198. The van der Waals surface area contributed by atoms with Gasteiger partial charge in [-0.15, -0.1) is 24.0 Å². The van der Waals surface area contributed by atoms with Crippen LogP contribution < -0.4 is 15.8 Å². The first-order chi connectivity index (χ1) is 11.3. The van der Waals surface area contributed by atoms with E-state index in [0.29, 0.717) is 15.9 Å². The molecule has 0 heterocycles. The largest absolute Gasteiger partial charge is 0.495 e. The second kappa shape index (κ2) is 9.27. The lowest BCUT2D eigenvalue weighted by atomic mass is 10.1. The number of rotatable bonds is 4. The highest BCUT2D eigenvalue weighted by Crippen LogP contribution is 2.34. The zero-order valence-electron chi connectivity index (χ0n) is 13.1. The molecule has 9 heteroatoms. The second-order valence-corrected chi connectivity index (χ2v) is 5.74.